The molecule has 26 heavy (non-hydrogen) atoms. The minimum Gasteiger partial charge on any atom is -0.508 e. The van der Waals surface area contributed by atoms with Crippen molar-refractivity contribution in [3.05, 3.63) is 65.2 Å². The van der Waals surface area contributed by atoms with E-state index in [-0.39, 0.29) is 0 Å². The first-order valence-electron chi connectivity index (χ1n) is 9.89. The molecule has 2 nitrogen and oxygen atoms in total. The molecule has 2 atom stereocenters. The smallest absolute Gasteiger partial charge is 0.119 e. The van der Waals surface area contributed by atoms with E-state index < -0.39 is 0 Å². The van der Waals surface area contributed by atoms with Crippen LogP contribution in [0.5, 0.6) is 11.5 Å². The number of aromatic hydroxyl groups is 2. The molecule has 0 heterocycles. The number of hydrogen-bond donors (Lipinski definition) is 2. The van der Waals surface area contributed by atoms with E-state index in [0.29, 0.717) is 23.3 Å². The van der Waals surface area contributed by atoms with E-state index in [1.807, 2.05) is 18.2 Å². The molecular weight excluding hydrogens is 320 g/mol. The van der Waals surface area contributed by atoms with Gasteiger partial charge in [-0.15, -0.1) is 0 Å². The van der Waals surface area contributed by atoms with Crippen molar-refractivity contribution in [3.63, 3.8) is 0 Å². The lowest BCUT2D eigenvalue weighted by atomic mass is 9.82. The Balaban J connectivity index is 1.74. The lowest BCUT2D eigenvalue weighted by Gasteiger charge is -2.23. The Labute approximate surface area is 157 Å². The first kappa shape index (κ1) is 18.6. The molecule has 1 aliphatic carbocycles. The standard InChI is InChI=1S/C24H30O2/c1-3-4-5-17(2)23-16-21(12-15-24(23)26)20-8-6-18(7-9-20)19-10-13-22(25)14-11-19/h8,10-18,25-26H,3-7,9H2,1-2H3. The molecule has 0 bridgehead atoms. The van der Waals surface area contributed by atoms with Gasteiger partial charge >= 0.3 is 0 Å². The Hall–Kier alpha value is -2.22. The van der Waals surface area contributed by atoms with Crippen LogP contribution >= 0.6 is 0 Å². The molecule has 3 rings (SSSR count). The quantitative estimate of drug-likeness (QED) is 0.605. The number of phenolic OH excluding ortho intramolecular Hbond substituents is 2. The van der Waals surface area contributed by atoms with E-state index in [9.17, 15) is 10.2 Å². The SMILES string of the molecule is CCCCC(C)c1cc(C2=CCC(c3ccc(O)cc3)CC2)ccc1O. The van der Waals surface area contributed by atoms with Crippen LogP contribution in [0.2, 0.25) is 0 Å². The number of hydrogen-bond acceptors (Lipinski definition) is 2. The zero-order chi connectivity index (χ0) is 18.5. The van der Waals surface area contributed by atoms with Crippen molar-refractivity contribution >= 4 is 5.57 Å². The minimum atomic E-state index is 0.328. The topological polar surface area (TPSA) is 40.5 Å². The van der Waals surface area contributed by atoms with Gasteiger partial charge in [-0.1, -0.05) is 51.0 Å². The molecule has 2 aromatic carbocycles. The maximum absolute atomic E-state index is 10.3. The van der Waals surface area contributed by atoms with E-state index >= 15 is 0 Å². The summed E-state index contributed by atoms with van der Waals surface area (Å²) in [5, 5.41) is 19.7. The van der Waals surface area contributed by atoms with Crippen LogP contribution in [-0.2, 0) is 0 Å². The largest absolute Gasteiger partial charge is 0.508 e. The fourth-order valence-electron chi connectivity index (χ4n) is 3.96. The van der Waals surface area contributed by atoms with Crippen LogP contribution in [0, 0.1) is 0 Å². The van der Waals surface area contributed by atoms with Crippen LogP contribution in [0.15, 0.2) is 48.5 Å². The fraction of sp³-hybridized carbons (Fsp3) is 0.417. The fourth-order valence-corrected chi connectivity index (χ4v) is 3.96. The van der Waals surface area contributed by atoms with E-state index in [1.54, 1.807) is 12.1 Å². The number of unbranched alkanes of at least 4 members (excludes halogenated alkanes) is 1. The van der Waals surface area contributed by atoms with Gasteiger partial charge in [-0.25, -0.2) is 0 Å². The highest BCUT2D eigenvalue weighted by molar-refractivity contribution is 5.68. The predicted molar refractivity (Wildman–Crippen MR) is 109 cm³/mol. The highest BCUT2D eigenvalue weighted by atomic mass is 16.3. The Morgan fingerprint density at radius 3 is 2.50 bits per heavy atom. The molecule has 0 spiro atoms. The Morgan fingerprint density at radius 2 is 1.85 bits per heavy atom. The summed E-state index contributed by atoms with van der Waals surface area (Å²) in [4.78, 5) is 0. The number of allylic oxidation sites excluding steroid dienone is 2. The van der Waals surface area contributed by atoms with E-state index in [1.165, 1.54) is 29.5 Å². The summed E-state index contributed by atoms with van der Waals surface area (Å²) in [6.07, 6.45) is 9.07. The molecule has 0 saturated carbocycles. The van der Waals surface area contributed by atoms with Crippen molar-refractivity contribution in [3.8, 4) is 11.5 Å². The maximum atomic E-state index is 10.3. The highest BCUT2D eigenvalue weighted by Crippen LogP contribution is 2.38. The third kappa shape index (κ3) is 4.30. The van der Waals surface area contributed by atoms with Gasteiger partial charge in [0.15, 0.2) is 0 Å². The number of rotatable bonds is 6. The summed E-state index contributed by atoms with van der Waals surface area (Å²) in [6.45, 7) is 4.42. The summed E-state index contributed by atoms with van der Waals surface area (Å²) in [5.74, 6) is 1.67. The lowest BCUT2D eigenvalue weighted by molar-refractivity contribution is 0.459. The second-order valence-corrected chi connectivity index (χ2v) is 7.61. The van der Waals surface area contributed by atoms with Crippen LogP contribution < -0.4 is 0 Å². The second-order valence-electron chi connectivity index (χ2n) is 7.61. The van der Waals surface area contributed by atoms with Crippen molar-refractivity contribution < 1.29 is 10.2 Å². The third-order valence-electron chi connectivity index (χ3n) is 5.70. The van der Waals surface area contributed by atoms with Crippen LogP contribution in [-0.4, -0.2) is 10.2 Å². The van der Waals surface area contributed by atoms with E-state index in [4.69, 9.17) is 0 Å². The molecule has 0 aromatic heterocycles. The zero-order valence-electron chi connectivity index (χ0n) is 15.9. The molecule has 138 valence electrons. The number of phenols is 2. The van der Waals surface area contributed by atoms with Gasteiger partial charge in [-0.05, 0) is 84.0 Å². The van der Waals surface area contributed by atoms with Crippen LogP contribution in [0.1, 0.15) is 80.9 Å². The third-order valence-corrected chi connectivity index (χ3v) is 5.70. The number of benzene rings is 2. The normalized spacial score (nSPS) is 18.4. The van der Waals surface area contributed by atoms with E-state index in [0.717, 1.165) is 31.2 Å². The van der Waals surface area contributed by atoms with Gasteiger partial charge < -0.3 is 10.2 Å². The van der Waals surface area contributed by atoms with Crippen molar-refractivity contribution in [2.75, 3.05) is 0 Å². The molecular formula is C24H30O2. The van der Waals surface area contributed by atoms with E-state index in [2.05, 4.69) is 32.1 Å². The molecule has 0 radical (unpaired) electrons. The van der Waals surface area contributed by atoms with Crippen LogP contribution in [0.3, 0.4) is 0 Å². The van der Waals surface area contributed by atoms with Crippen molar-refractivity contribution in [2.45, 2.75) is 64.2 Å². The summed E-state index contributed by atoms with van der Waals surface area (Å²) in [5.41, 5.74) is 5.03. The van der Waals surface area contributed by atoms with Gasteiger partial charge in [-0.2, -0.15) is 0 Å². The lowest BCUT2D eigenvalue weighted by Crippen LogP contribution is -2.04. The molecule has 2 aromatic rings. The van der Waals surface area contributed by atoms with Gasteiger partial charge in [0.1, 0.15) is 11.5 Å². The average Bonchev–Trinajstić information content (AvgIpc) is 2.67. The maximum Gasteiger partial charge on any atom is 0.119 e. The summed E-state index contributed by atoms with van der Waals surface area (Å²) >= 11 is 0. The average molecular weight is 351 g/mol. The van der Waals surface area contributed by atoms with Gasteiger partial charge in [0.05, 0.1) is 0 Å². The molecule has 0 aliphatic heterocycles. The summed E-state index contributed by atoms with van der Waals surface area (Å²) < 4.78 is 0. The second kappa shape index (κ2) is 8.44. The molecule has 0 amide bonds. The Kier molecular flexibility index (Phi) is 6.03. The van der Waals surface area contributed by atoms with Gasteiger partial charge in [-0.3, -0.25) is 0 Å². The minimum absolute atomic E-state index is 0.328. The molecule has 2 heteroatoms. The van der Waals surface area contributed by atoms with Crippen LogP contribution in [0.25, 0.3) is 5.57 Å². The van der Waals surface area contributed by atoms with Gasteiger partial charge in [0, 0.05) is 0 Å². The zero-order valence-corrected chi connectivity index (χ0v) is 15.9. The molecule has 1 aliphatic rings. The summed E-state index contributed by atoms with van der Waals surface area (Å²) in [7, 11) is 0. The molecule has 2 unspecified atom stereocenters. The first-order valence-corrected chi connectivity index (χ1v) is 9.89. The molecule has 0 fully saturated rings. The Morgan fingerprint density at radius 1 is 1.08 bits per heavy atom. The highest BCUT2D eigenvalue weighted by Gasteiger charge is 2.19. The van der Waals surface area contributed by atoms with Gasteiger partial charge in [0.25, 0.3) is 0 Å². The summed E-state index contributed by atoms with van der Waals surface area (Å²) in [6, 6.07) is 13.7. The Bertz CT molecular complexity index is 758. The van der Waals surface area contributed by atoms with Crippen molar-refractivity contribution in [1.29, 1.82) is 0 Å². The van der Waals surface area contributed by atoms with Crippen molar-refractivity contribution in [1.82, 2.24) is 0 Å². The predicted octanol–water partition coefficient (Wildman–Crippen LogP) is 6.74. The first-order chi connectivity index (χ1) is 12.6. The van der Waals surface area contributed by atoms with Crippen LogP contribution in [0.4, 0.5) is 0 Å². The van der Waals surface area contributed by atoms with Crippen molar-refractivity contribution in [2.24, 2.45) is 0 Å². The molecule has 2 N–H and O–H groups in total. The van der Waals surface area contributed by atoms with Gasteiger partial charge in [0.2, 0.25) is 0 Å². The molecule has 0 saturated heterocycles. The monoisotopic (exact) mass is 350 g/mol.